The minimum atomic E-state index is -4.68. The number of hydrogen-bond donors (Lipinski definition) is 0. The summed E-state index contributed by atoms with van der Waals surface area (Å²) in [6.45, 7) is 4.43. The predicted molar refractivity (Wildman–Crippen MR) is 125 cm³/mol. The molecule has 0 amide bonds. The zero-order valence-electron chi connectivity index (χ0n) is 20.2. The maximum absolute atomic E-state index is 11.4. The third kappa shape index (κ3) is 9.24. The Morgan fingerprint density at radius 1 is 1.00 bits per heavy atom. The second-order valence-corrected chi connectivity index (χ2v) is 10.6. The number of aryl methyl sites for hydroxylation is 1. The van der Waals surface area contributed by atoms with Crippen molar-refractivity contribution in [3.05, 3.63) is 47.2 Å². The van der Waals surface area contributed by atoms with E-state index < -0.39 is 30.9 Å². The van der Waals surface area contributed by atoms with Crippen molar-refractivity contribution in [1.82, 2.24) is 9.97 Å². The van der Waals surface area contributed by atoms with Gasteiger partial charge in [0.1, 0.15) is 21.6 Å². The number of benzene rings is 2. The molecule has 0 spiro atoms. The van der Waals surface area contributed by atoms with Gasteiger partial charge in [0.2, 0.25) is 0 Å². The molecular formula is C20H20ClN5Na2O6S2. The van der Waals surface area contributed by atoms with Crippen molar-refractivity contribution in [3.8, 4) is 0 Å². The first-order chi connectivity index (χ1) is 15.9. The molecule has 0 saturated carbocycles. The molecule has 0 bridgehead atoms. The van der Waals surface area contributed by atoms with Crippen LogP contribution in [0.15, 0.2) is 51.5 Å². The zero-order valence-corrected chi connectivity index (χ0v) is 26.6. The van der Waals surface area contributed by atoms with Gasteiger partial charge in [-0.15, -0.1) is 10.2 Å². The average Bonchev–Trinajstić information content (AvgIpc) is 2.74. The molecule has 0 fully saturated rings. The van der Waals surface area contributed by atoms with E-state index >= 15 is 0 Å². The number of hydrogen-bond acceptors (Lipinski definition) is 11. The van der Waals surface area contributed by atoms with Crippen molar-refractivity contribution < 1.29 is 85.1 Å². The molecule has 36 heavy (non-hydrogen) atoms. The van der Waals surface area contributed by atoms with Crippen LogP contribution in [0.2, 0.25) is 5.02 Å². The van der Waals surface area contributed by atoms with Crippen molar-refractivity contribution in [2.24, 2.45) is 10.2 Å². The number of azo groups is 1. The summed E-state index contributed by atoms with van der Waals surface area (Å²) in [5.74, 6) is -0.00739. The van der Waals surface area contributed by atoms with Gasteiger partial charge < -0.3 is 14.0 Å². The monoisotopic (exact) mass is 571 g/mol. The van der Waals surface area contributed by atoms with Crippen LogP contribution in [0.25, 0.3) is 10.9 Å². The van der Waals surface area contributed by atoms with Crippen LogP contribution in [0, 0.1) is 6.92 Å². The Kier molecular flexibility index (Phi) is 12.9. The third-order valence-corrected chi connectivity index (χ3v) is 6.72. The van der Waals surface area contributed by atoms with E-state index in [4.69, 9.17) is 11.6 Å². The average molecular weight is 572 g/mol. The fourth-order valence-electron chi connectivity index (χ4n) is 3.21. The van der Waals surface area contributed by atoms with Crippen LogP contribution in [0.1, 0.15) is 19.2 Å². The number of anilines is 1. The Hall–Kier alpha value is -0.710. The zero-order chi connectivity index (χ0) is 25.1. The third-order valence-electron chi connectivity index (χ3n) is 4.80. The van der Waals surface area contributed by atoms with Gasteiger partial charge >= 0.3 is 59.1 Å². The summed E-state index contributed by atoms with van der Waals surface area (Å²) >= 11 is 6.36. The van der Waals surface area contributed by atoms with E-state index in [0.717, 1.165) is 6.07 Å². The Morgan fingerprint density at radius 3 is 2.28 bits per heavy atom. The van der Waals surface area contributed by atoms with Gasteiger partial charge in [-0.1, -0.05) is 11.6 Å². The Morgan fingerprint density at radius 2 is 1.69 bits per heavy atom. The van der Waals surface area contributed by atoms with E-state index in [1.54, 1.807) is 25.1 Å². The summed E-state index contributed by atoms with van der Waals surface area (Å²) in [7, 11) is -8.96. The van der Waals surface area contributed by atoms with Crippen molar-refractivity contribution in [2.45, 2.75) is 25.2 Å². The van der Waals surface area contributed by atoms with Gasteiger partial charge in [0.05, 0.1) is 25.6 Å². The minimum absolute atomic E-state index is 0. The van der Waals surface area contributed by atoms with Crippen LogP contribution in [0.5, 0.6) is 0 Å². The fraction of sp³-hybridized carbons (Fsp3) is 0.300. The molecule has 0 aliphatic carbocycles. The normalized spacial score (nSPS) is 11.8. The topological polar surface area (TPSA) is 168 Å². The summed E-state index contributed by atoms with van der Waals surface area (Å²) < 4.78 is 66.6. The minimum Gasteiger partial charge on any atom is -0.748 e. The van der Waals surface area contributed by atoms with Crippen LogP contribution >= 0.6 is 11.6 Å². The maximum Gasteiger partial charge on any atom is 1.00 e. The standard InChI is InChI=1S/C20H22ClN5O6S2.2Na/c1-3-26(9-4-10-33(27,28)29)14-5-7-19(17(21)11-14)24-25-20-16-12-15(34(30,31)32)6-8-18(16)22-13(2)23-20;;/h5-8,11-12H,3-4,9-10H2,1-2H3,(H,27,28,29)(H,30,31,32);;/q;2*+1/p-2. The quantitative estimate of drug-likeness (QED) is 0.155. The van der Waals surface area contributed by atoms with Crippen molar-refractivity contribution in [1.29, 1.82) is 0 Å². The van der Waals surface area contributed by atoms with E-state index in [1.807, 2.05) is 11.8 Å². The first-order valence-electron chi connectivity index (χ1n) is 10.0. The van der Waals surface area contributed by atoms with Crippen molar-refractivity contribution in [3.63, 3.8) is 0 Å². The molecular weight excluding hydrogens is 552 g/mol. The van der Waals surface area contributed by atoms with Crippen LogP contribution in [0.3, 0.4) is 0 Å². The Balaban J connectivity index is 0.00000324. The molecule has 3 aromatic rings. The SMILES string of the molecule is CCN(CCCS(=O)(=O)[O-])c1ccc(N=Nc2nc(C)nc3ccc(S(=O)(=O)[O-])cc23)c(Cl)c1.[Na+].[Na+]. The first kappa shape index (κ1) is 33.3. The van der Waals surface area contributed by atoms with E-state index in [0.29, 0.717) is 35.8 Å². The second-order valence-electron chi connectivity index (χ2n) is 7.26. The molecule has 0 aliphatic rings. The van der Waals surface area contributed by atoms with Gasteiger partial charge in [-0.2, -0.15) is 0 Å². The Bertz CT molecular complexity index is 1470. The van der Waals surface area contributed by atoms with E-state index in [1.165, 1.54) is 12.1 Å². The molecule has 16 heteroatoms. The van der Waals surface area contributed by atoms with Crippen LogP contribution in [-0.2, 0) is 20.2 Å². The summed E-state index contributed by atoms with van der Waals surface area (Å²) in [4.78, 5) is 9.83. The molecule has 182 valence electrons. The molecule has 1 heterocycles. The molecule has 0 unspecified atom stereocenters. The van der Waals surface area contributed by atoms with Gasteiger partial charge in [-0.25, -0.2) is 26.8 Å². The molecule has 0 saturated heterocycles. The molecule has 0 aliphatic heterocycles. The van der Waals surface area contributed by atoms with Crippen LogP contribution < -0.4 is 64.0 Å². The summed E-state index contributed by atoms with van der Waals surface area (Å²) in [5, 5.41) is 8.71. The summed E-state index contributed by atoms with van der Waals surface area (Å²) in [6, 6.07) is 8.68. The molecule has 0 radical (unpaired) electrons. The van der Waals surface area contributed by atoms with Gasteiger partial charge in [0.15, 0.2) is 5.82 Å². The summed E-state index contributed by atoms with van der Waals surface area (Å²) in [6.07, 6.45) is 0.181. The van der Waals surface area contributed by atoms with Gasteiger partial charge in [-0.3, -0.25) is 0 Å². The van der Waals surface area contributed by atoms with Gasteiger partial charge in [-0.05, 0) is 56.7 Å². The number of aromatic nitrogens is 2. The number of rotatable bonds is 9. The molecule has 0 N–H and O–H groups in total. The van der Waals surface area contributed by atoms with E-state index in [-0.39, 0.29) is 81.8 Å². The largest absolute Gasteiger partial charge is 1.00 e. The molecule has 0 atom stereocenters. The molecule has 2 aromatic carbocycles. The number of fused-ring (bicyclic) bond motifs is 1. The Labute approximate surface area is 258 Å². The summed E-state index contributed by atoms with van der Waals surface area (Å²) in [5.41, 5.74) is 1.41. The van der Waals surface area contributed by atoms with Gasteiger partial charge in [0, 0.05) is 29.9 Å². The molecule has 3 rings (SSSR count). The number of halogens is 1. The van der Waals surface area contributed by atoms with Crippen LogP contribution in [-0.4, -0.2) is 54.8 Å². The molecule has 11 nitrogen and oxygen atoms in total. The fourth-order valence-corrected chi connectivity index (χ4v) is 4.41. The molecule has 1 aromatic heterocycles. The van der Waals surface area contributed by atoms with Crippen molar-refractivity contribution >= 4 is 59.9 Å². The predicted octanol–water partition coefficient (Wildman–Crippen LogP) is -2.32. The van der Waals surface area contributed by atoms with Crippen molar-refractivity contribution in [2.75, 3.05) is 23.7 Å². The smallest absolute Gasteiger partial charge is 0.748 e. The number of nitrogens with zero attached hydrogens (tertiary/aromatic N) is 5. The van der Waals surface area contributed by atoms with Gasteiger partial charge in [0.25, 0.3) is 0 Å². The van der Waals surface area contributed by atoms with Crippen LogP contribution in [0.4, 0.5) is 17.2 Å². The van der Waals surface area contributed by atoms with E-state index in [9.17, 15) is 25.9 Å². The van der Waals surface area contributed by atoms with E-state index in [2.05, 4.69) is 20.2 Å². The first-order valence-corrected chi connectivity index (χ1v) is 13.4. The maximum atomic E-state index is 11.4. The second kappa shape index (κ2) is 13.9.